The van der Waals surface area contributed by atoms with E-state index >= 15 is 0 Å². The molecule has 0 aliphatic carbocycles. The molecule has 3 nitrogen and oxygen atoms in total. The zero-order valence-electron chi connectivity index (χ0n) is 13.0. The fraction of sp³-hybridized carbons (Fsp3) is 0.0556. The van der Waals surface area contributed by atoms with Crippen molar-refractivity contribution in [3.63, 3.8) is 0 Å². The van der Waals surface area contributed by atoms with Gasteiger partial charge in [0, 0.05) is 16.8 Å². The molecule has 0 aliphatic heterocycles. The van der Waals surface area contributed by atoms with E-state index in [1.807, 2.05) is 0 Å². The summed E-state index contributed by atoms with van der Waals surface area (Å²) in [6.07, 6.45) is 1.24. The summed E-state index contributed by atoms with van der Waals surface area (Å²) >= 11 is 18.0. The van der Waals surface area contributed by atoms with Crippen molar-refractivity contribution in [1.29, 1.82) is 0 Å². The first-order valence-electron chi connectivity index (χ1n) is 7.35. The van der Waals surface area contributed by atoms with E-state index in [4.69, 9.17) is 34.8 Å². The van der Waals surface area contributed by atoms with Gasteiger partial charge >= 0.3 is 0 Å². The second kappa shape index (κ2) is 7.53. The van der Waals surface area contributed by atoms with Crippen molar-refractivity contribution in [3.05, 3.63) is 92.9 Å². The Hall–Kier alpha value is -1.66. The van der Waals surface area contributed by atoms with Gasteiger partial charge in [-0.25, -0.2) is 17.8 Å². The van der Waals surface area contributed by atoms with E-state index < -0.39 is 20.9 Å². The molecule has 3 aromatic rings. The lowest BCUT2D eigenvalue weighted by atomic mass is 10.0. The molecule has 0 saturated heterocycles. The molecule has 134 valence electrons. The molecule has 26 heavy (non-hydrogen) atoms. The van der Waals surface area contributed by atoms with Crippen molar-refractivity contribution in [2.24, 2.45) is 0 Å². The quantitative estimate of drug-likeness (QED) is 0.496. The van der Waals surface area contributed by atoms with Crippen LogP contribution in [0.4, 0.5) is 4.39 Å². The number of hydrogen-bond donors (Lipinski definition) is 0. The monoisotopic (exact) mass is 429 g/mol. The summed E-state index contributed by atoms with van der Waals surface area (Å²) in [4.78, 5) is 3.82. The number of pyridine rings is 1. The van der Waals surface area contributed by atoms with Gasteiger partial charge in [0.25, 0.3) is 0 Å². The van der Waals surface area contributed by atoms with Crippen molar-refractivity contribution in [2.45, 2.75) is 10.1 Å². The lowest BCUT2D eigenvalue weighted by Gasteiger charge is -2.20. The zero-order valence-corrected chi connectivity index (χ0v) is 16.1. The molecule has 2 aromatic carbocycles. The summed E-state index contributed by atoms with van der Waals surface area (Å²) in [6, 6.07) is 12.6. The van der Waals surface area contributed by atoms with Crippen molar-refractivity contribution in [2.75, 3.05) is 0 Å². The summed E-state index contributed by atoms with van der Waals surface area (Å²) in [5.41, 5.74) is 0.110. The molecular weight excluding hydrogens is 420 g/mol. The van der Waals surface area contributed by atoms with Crippen LogP contribution in [0.3, 0.4) is 0 Å². The van der Waals surface area contributed by atoms with E-state index in [9.17, 15) is 12.8 Å². The molecule has 3 rings (SSSR count). The van der Waals surface area contributed by atoms with Crippen molar-refractivity contribution in [1.82, 2.24) is 4.98 Å². The third kappa shape index (κ3) is 3.71. The third-order valence-corrected chi connectivity index (χ3v) is 6.61. The Morgan fingerprint density at radius 1 is 0.923 bits per heavy atom. The molecule has 0 radical (unpaired) electrons. The topological polar surface area (TPSA) is 47.0 Å². The molecule has 0 saturated carbocycles. The van der Waals surface area contributed by atoms with Gasteiger partial charge in [-0.3, -0.25) is 0 Å². The summed E-state index contributed by atoms with van der Waals surface area (Å²) in [5, 5.41) is -0.883. The minimum atomic E-state index is -4.06. The Kier molecular flexibility index (Phi) is 5.53. The van der Waals surface area contributed by atoms with Crippen LogP contribution in [0.15, 0.2) is 65.7 Å². The van der Waals surface area contributed by atoms with Crippen LogP contribution in [0, 0.1) is 5.82 Å². The average molecular weight is 431 g/mol. The first-order valence-corrected chi connectivity index (χ1v) is 10.0. The zero-order chi connectivity index (χ0) is 18.9. The van der Waals surface area contributed by atoms with E-state index in [1.54, 1.807) is 6.07 Å². The van der Waals surface area contributed by atoms with Gasteiger partial charge in [0.2, 0.25) is 0 Å². The van der Waals surface area contributed by atoms with E-state index in [1.165, 1.54) is 54.7 Å². The first-order chi connectivity index (χ1) is 12.3. The minimum Gasteiger partial charge on any atom is -0.243 e. The van der Waals surface area contributed by atoms with E-state index in [-0.39, 0.29) is 26.2 Å². The highest BCUT2D eigenvalue weighted by Crippen LogP contribution is 2.40. The van der Waals surface area contributed by atoms with Gasteiger partial charge in [0.1, 0.15) is 16.2 Å². The number of aromatic nitrogens is 1. The number of sulfone groups is 1. The molecule has 8 heteroatoms. The largest absolute Gasteiger partial charge is 0.243 e. The van der Waals surface area contributed by atoms with Crippen LogP contribution in [-0.4, -0.2) is 13.4 Å². The van der Waals surface area contributed by atoms with Crippen molar-refractivity contribution >= 4 is 44.6 Å². The number of benzene rings is 2. The van der Waals surface area contributed by atoms with Gasteiger partial charge in [-0.1, -0.05) is 53.0 Å². The molecule has 1 atom stereocenters. The first kappa shape index (κ1) is 19.1. The van der Waals surface area contributed by atoms with Crippen LogP contribution >= 0.6 is 34.8 Å². The van der Waals surface area contributed by atoms with Gasteiger partial charge in [-0.15, -0.1) is 0 Å². The van der Waals surface area contributed by atoms with E-state index in [0.29, 0.717) is 5.02 Å². The maximum absolute atomic E-state index is 14.5. The third-order valence-electron chi connectivity index (χ3n) is 3.77. The molecule has 0 fully saturated rings. The fourth-order valence-electron chi connectivity index (χ4n) is 2.58. The fourth-order valence-corrected chi connectivity index (χ4v) is 4.99. The Labute approximate surface area is 165 Å². The predicted molar refractivity (Wildman–Crippen MR) is 101 cm³/mol. The summed E-state index contributed by atoms with van der Waals surface area (Å²) < 4.78 is 41.1. The Balaban J connectivity index is 2.29. The van der Waals surface area contributed by atoms with Gasteiger partial charge in [0.15, 0.2) is 9.84 Å². The predicted octanol–water partition coefficient (Wildman–Crippen LogP) is 5.74. The normalized spacial score (nSPS) is 12.8. The molecule has 1 unspecified atom stereocenters. The van der Waals surface area contributed by atoms with Crippen LogP contribution < -0.4 is 0 Å². The standard InChI is InChI=1S/C18H11Cl3FNO2S/c19-11-5-7-12(8-6-11)26(24,25)18(13-3-1-2-4-16(13)22)14-9-17(21)23-10-15(14)20/h1-10,18H. The lowest BCUT2D eigenvalue weighted by Crippen LogP contribution is -2.17. The Morgan fingerprint density at radius 3 is 2.23 bits per heavy atom. The lowest BCUT2D eigenvalue weighted by molar-refractivity contribution is 0.578. The molecule has 0 spiro atoms. The van der Waals surface area contributed by atoms with Crippen LogP contribution in [0.1, 0.15) is 16.4 Å². The highest BCUT2D eigenvalue weighted by molar-refractivity contribution is 7.92. The second-order valence-corrected chi connectivity index (χ2v) is 8.69. The van der Waals surface area contributed by atoms with Crippen LogP contribution in [0.25, 0.3) is 0 Å². The average Bonchev–Trinajstić information content (AvgIpc) is 2.60. The van der Waals surface area contributed by atoms with Crippen LogP contribution in [-0.2, 0) is 9.84 Å². The molecule has 1 aromatic heterocycles. The highest BCUT2D eigenvalue weighted by atomic mass is 35.5. The molecular formula is C18H11Cl3FNO2S. The van der Waals surface area contributed by atoms with Gasteiger partial charge in [0.05, 0.1) is 9.92 Å². The number of nitrogens with zero attached hydrogens (tertiary/aromatic N) is 1. The molecule has 0 bridgehead atoms. The molecule has 1 heterocycles. The second-order valence-electron chi connectivity index (χ2n) is 5.43. The van der Waals surface area contributed by atoms with Gasteiger partial charge < -0.3 is 0 Å². The van der Waals surface area contributed by atoms with Crippen LogP contribution in [0.2, 0.25) is 15.2 Å². The SMILES string of the molecule is O=S(=O)(c1ccc(Cl)cc1)C(c1ccccc1F)c1cc(Cl)ncc1Cl. The van der Waals surface area contributed by atoms with Crippen LogP contribution in [0.5, 0.6) is 0 Å². The maximum Gasteiger partial charge on any atom is 0.189 e. The Bertz CT molecular complexity index is 1060. The van der Waals surface area contributed by atoms with Gasteiger partial charge in [-0.05, 0) is 42.0 Å². The van der Waals surface area contributed by atoms with Crippen molar-refractivity contribution in [3.8, 4) is 0 Å². The highest BCUT2D eigenvalue weighted by Gasteiger charge is 2.34. The number of hydrogen-bond acceptors (Lipinski definition) is 3. The maximum atomic E-state index is 14.5. The summed E-state index contributed by atoms with van der Waals surface area (Å²) in [6.45, 7) is 0. The van der Waals surface area contributed by atoms with E-state index in [0.717, 1.165) is 0 Å². The smallest absolute Gasteiger partial charge is 0.189 e. The minimum absolute atomic E-state index is 0.0147. The summed E-state index contributed by atoms with van der Waals surface area (Å²) in [5.74, 6) is -0.668. The van der Waals surface area contributed by atoms with Crippen molar-refractivity contribution < 1.29 is 12.8 Å². The number of halogens is 4. The number of rotatable bonds is 4. The Morgan fingerprint density at radius 2 is 1.58 bits per heavy atom. The summed E-state index contributed by atoms with van der Waals surface area (Å²) in [7, 11) is -4.06. The van der Waals surface area contributed by atoms with Gasteiger partial charge in [-0.2, -0.15) is 0 Å². The molecule has 0 aliphatic rings. The molecule has 0 amide bonds. The molecule has 0 N–H and O–H groups in total. The van der Waals surface area contributed by atoms with E-state index in [2.05, 4.69) is 4.98 Å².